The van der Waals surface area contributed by atoms with Crippen LogP contribution >= 0.6 is 0 Å². The highest BCUT2D eigenvalue weighted by atomic mass is 16.5. The van der Waals surface area contributed by atoms with Crippen molar-refractivity contribution in [3.05, 3.63) is 12.0 Å². The van der Waals surface area contributed by atoms with Crippen molar-refractivity contribution in [3.8, 4) is 0 Å². The summed E-state index contributed by atoms with van der Waals surface area (Å²) in [7, 11) is 0. The molecule has 0 bridgehead atoms. The van der Waals surface area contributed by atoms with Gasteiger partial charge in [0.15, 0.2) is 0 Å². The van der Waals surface area contributed by atoms with Gasteiger partial charge in [0.2, 0.25) is 5.76 Å². The molecule has 0 heterocycles. The smallest absolute Gasteiger partial charge is 0.376 e. The fourth-order valence-corrected chi connectivity index (χ4v) is 0.258. The number of rotatable bonds is 2. The molecular weight excluding hydrogens is 124 g/mol. The zero-order chi connectivity index (χ0) is 7.28. The normalized spacial score (nSPS) is 11.0. The Bertz CT molecular complexity index is 127. The Morgan fingerprint density at radius 1 is 1.78 bits per heavy atom. The van der Waals surface area contributed by atoms with Crippen molar-refractivity contribution in [2.45, 2.75) is 6.92 Å². The summed E-state index contributed by atoms with van der Waals surface area (Å²) in [5.41, 5.74) is 0. The van der Waals surface area contributed by atoms with Gasteiger partial charge in [0, 0.05) is 0 Å². The lowest BCUT2D eigenvalue weighted by Crippen LogP contribution is -2.06. The molecule has 0 aromatic rings. The molecule has 9 heavy (non-hydrogen) atoms. The van der Waals surface area contributed by atoms with Crippen LogP contribution in [0.4, 0.5) is 0 Å². The van der Waals surface area contributed by atoms with Crippen molar-refractivity contribution in [1.29, 1.82) is 0 Å². The van der Waals surface area contributed by atoms with Crippen molar-refractivity contribution in [3.63, 3.8) is 0 Å². The molecule has 2 N–H and O–H groups in total. The van der Waals surface area contributed by atoms with Gasteiger partial charge in [-0.15, -0.1) is 0 Å². The van der Waals surface area contributed by atoms with E-state index >= 15 is 0 Å². The van der Waals surface area contributed by atoms with Gasteiger partial charge in [0.05, 0.1) is 6.61 Å². The molecule has 0 fully saturated rings. The van der Waals surface area contributed by atoms with Crippen LogP contribution in [0, 0.1) is 0 Å². The van der Waals surface area contributed by atoms with Gasteiger partial charge in [-0.2, -0.15) is 0 Å². The molecule has 0 unspecified atom stereocenters. The zero-order valence-electron chi connectivity index (χ0n) is 5.00. The van der Waals surface area contributed by atoms with Crippen molar-refractivity contribution in [2.75, 3.05) is 6.61 Å². The van der Waals surface area contributed by atoms with Crippen molar-refractivity contribution >= 4 is 5.97 Å². The summed E-state index contributed by atoms with van der Waals surface area (Å²) in [6.07, 6.45) is 0.290. The second kappa shape index (κ2) is 3.77. The van der Waals surface area contributed by atoms with Gasteiger partial charge in [-0.25, -0.2) is 4.79 Å². The third-order valence-electron chi connectivity index (χ3n) is 0.607. The van der Waals surface area contributed by atoms with E-state index in [0.29, 0.717) is 0 Å². The van der Waals surface area contributed by atoms with Gasteiger partial charge in [0.25, 0.3) is 0 Å². The Hall–Kier alpha value is -1.19. The lowest BCUT2D eigenvalue weighted by atomic mass is 10.6. The SMILES string of the molecule is CCOC(=O)C(O)=CO. The van der Waals surface area contributed by atoms with E-state index in [1.165, 1.54) is 0 Å². The van der Waals surface area contributed by atoms with Gasteiger partial charge in [0.1, 0.15) is 6.26 Å². The molecule has 0 aliphatic rings. The van der Waals surface area contributed by atoms with E-state index in [1.54, 1.807) is 6.92 Å². The fraction of sp³-hybridized carbons (Fsp3) is 0.400. The summed E-state index contributed by atoms with van der Waals surface area (Å²) in [6, 6.07) is 0. The number of aliphatic hydroxyl groups excluding tert-OH is 2. The number of ether oxygens (including phenoxy) is 1. The summed E-state index contributed by atoms with van der Waals surface area (Å²) >= 11 is 0. The Morgan fingerprint density at radius 2 is 2.33 bits per heavy atom. The van der Waals surface area contributed by atoms with E-state index in [0.717, 1.165) is 0 Å². The van der Waals surface area contributed by atoms with Crippen molar-refractivity contribution in [1.82, 2.24) is 0 Å². The van der Waals surface area contributed by atoms with E-state index in [-0.39, 0.29) is 12.9 Å². The van der Waals surface area contributed by atoms with Crippen LogP contribution in [0.15, 0.2) is 12.0 Å². The predicted molar refractivity (Wildman–Crippen MR) is 30.0 cm³/mol. The molecule has 0 rings (SSSR count). The molecule has 0 radical (unpaired) electrons. The molecule has 52 valence electrons. The van der Waals surface area contributed by atoms with Crippen LogP contribution in [0.2, 0.25) is 0 Å². The lowest BCUT2D eigenvalue weighted by molar-refractivity contribution is -0.141. The molecule has 0 spiro atoms. The highest BCUT2D eigenvalue weighted by Gasteiger charge is 2.05. The predicted octanol–water partition coefficient (Wildman–Crippen LogP) is 0.507. The second-order valence-corrected chi connectivity index (χ2v) is 1.23. The Morgan fingerprint density at radius 3 is 2.67 bits per heavy atom. The van der Waals surface area contributed by atoms with E-state index in [9.17, 15) is 4.79 Å². The standard InChI is InChI=1S/C5H8O4/c1-2-9-5(8)4(7)3-6/h3,6-7H,2H2,1H3. The maximum absolute atomic E-state index is 10.3. The third-order valence-corrected chi connectivity index (χ3v) is 0.607. The van der Waals surface area contributed by atoms with Gasteiger partial charge < -0.3 is 14.9 Å². The monoisotopic (exact) mass is 132 g/mol. The maximum Gasteiger partial charge on any atom is 0.376 e. The lowest BCUT2D eigenvalue weighted by Gasteiger charge is -1.96. The van der Waals surface area contributed by atoms with E-state index < -0.39 is 11.7 Å². The minimum Gasteiger partial charge on any atom is -0.511 e. The van der Waals surface area contributed by atoms with Crippen LogP contribution in [0.25, 0.3) is 0 Å². The minimum atomic E-state index is -0.917. The fourth-order valence-electron chi connectivity index (χ4n) is 0.258. The van der Waals surface area contributed by atoms with Crippen LogP contribution in [0.5, 0.6) is 0 Å². The average Bonchev–Trinajstić information content (AvgIpc) is 1.87. The molecule has 0 aliphatic carbocycles. The number of esters is 1. The van der Waals surface area contributed by atoms with E-state index in [1.807, 2.05) is 0 Å². The van der Waals surface area contributed by atoms with E-state index in [4.69, 9.17) is 10.2 Å². The van der Waals surface area contributed by atoms with Gasteiger partial charge in [-0.3, -0.25) is 0 Å². The van der Waals surface area contributed by atoms with Crippen molar-refractivity contribution in [2.24, 2.45) is 0 Å². The van der Waals surface area contributed by atoms with Crippen LogP contribution in [-0.4, -0.2) is 22.8 Å². The van der Waals surface area contributed by atoms with Gasteiger partial charge in [-0.1, -0.05) is 0 Å². The van der Waals surface area contributed by atoms with Crippen LogP contribution < -0.4 is 0 Å². The second-order valence-electron chi connectivity index (χ2n) is 1.23. The molecule has 0 aromatic heterocycles. The Kier molecular flexibility index (Phi) is 3.27. The number of hydrogen-bond acceptors (Lipinski definition) is 4. The molecule has 0 atom stereocenters. The molecule has 0 amide bonds. The largest absolute Gasteiger partial charge is 0.511 e. The number of aliphatic hydroxyl groups is 2. The molecule has 0 saturated carbocycles. The summed E-state index contributed by atoms with van der Waals surface area (Å²) in [5, 5.41) is 16.4. The minimum absolute atomic E-state index is 0.177. The van der Waals surface area contributed by atoms with Crippen LogP contribution in [-0.2, 0) is 9.53 Å². The first-order valence-electron chi connectivity index (χ1n) is 2.42. The van der Waals surface area contributed by atoms with Crippen LogP contribution in [0.3, 0.4) is 0 Å². The molecule has 0 saturated heterocycles. The summed E-state index contributed by atoms with van der Waals surface area (Å²) in [5.74, 6) is -1.70. The zero-order valence-corrected chi connectivity index (χ0v) is 5.00. The summed E-state index contributed by atoms with van der Waals surface area (Å²) in [4.78, 5) is 10.3. The molecule has 0 aromatic carbocycles. The van der Waals surface area contributed by atoms with Gasteiger partial charge >= 0.3 is 5.97 Å². The molecule has 0 aliphatic heterocycles. The Balaban J connectivity index is 3.74. The van der Waals surface area contributed by atoms with E-state index in [2.05, 4.69) is 4.74 Å². The topological polar surface area (TPSA) is 66.8 Å². The first kappa shape index (κ1) is 7.81. The van der Waals surface area contributed by atoms with Crippen molar-refractivity contribution < 1.29 is 19.7 Å². The number of carbonyl (C=O) groups excluding carboxylic acids is 1. The third kappa shape index (κ3) is 2.58. The average molecular weight is 132 g/mol. The maximum atomic E-state index is 10.3. The molecule has 4 heteroatoms. The van der Waals surface area contributed by atoms with Crippen LogP contribution in [0.1, 0.15) is 6.92 Å². The first-order valence-corrected chi connectivity index (χ1v) is 2.42. The summed E-state index contributed by atoms with van der Waals surface area (Å²) < 4.78 is 4.28. The number of carbonyl (C=O) groups is 1. The summed E-state index contributed by atoms with van der Waals surface area (Å²) in [6.45, 7) is 1.78. The van der Waals surface area contributed by atoms with Gasteiger partial charge in [-0.05, 0) is 6.92 Å². The highest BCUT2D eigenvalue weighted by molar-refractivity contribution is 5.85. The number of hydrogen-bond donors (Lipinski definition) is 2. The quantitative estimate of drug-likeness (QED) is 0.326. The molecular formula is C5H8O4. The first-order chi connectivity index (χ1) is 4.22. The highest BCUT2D eigenvalue weighted by Crippen LogP contribution is 1.89. The molecule has 4 nitrogen and oxygen atoms in total. The Labute approximate surface area is 52.4 Å².